The molecule has 3 aliphatic rings. The maximum absolute atomic E-state index is 7.45. The van der Waals surface area contributed by atoms with Crippen LogP contribution in [0, 0.1) is 0 Å². The van der Waals surface area contributed by atoms with Gasteiger partial charge in [0, 0.05) is 0 Å². The number of hydrogen-bond donors (Lipinski definition) is 0. The molecule has 2 bridgehead atoms. The van der Waals surface area contributed by atoms with Gasteiger partial charge in [0.15, 0.2) is 0 Å². The Morgan fingerprint density at radius 3 is 1.61 bits per heavy atom. The SMILES string of the molecule is c1ccc([C@H]2CCC3=C(C2)[C@]2(c4ccccc4)O[C@@]3(c3ccccc3)c3ccccc32)cc1. The molecule has 0 amide bonds. The van der Waals surface area contributed by atoms with Crippen molar-refractivity contribution in [1.29, 1.82) is 0 Å². The van der Waals surface area contributed by atoms with E-state index in [1.54, 1.807) is 0 Å². The zero-order chi connectivity index (χ0) is 21.9. The molecule has 2 aliphatic heterocycles. The van der Waals surface area contributed by atoms with E-state index in [-0.39, 0.29) is 0 Å². The molecule has 1 nitrogen and oxygen atoms in total. The first kappa shape index (κ1) is 19.1. The van der Waals surface area contributed by atoms with Crippen molar-refractivity contribution < 1.29 is 4.74 Å². The predicted octanol–water partition coefficient (Wildman–Crippen LogP) is 7.48. The van der Waals surface area contributed by atoms with Gasteiger partial charge in [-0.25, -0.2) is 0 Å². The molecular weight excluding hydrogens is 400 g/mol. The first-order valence-corrected chi connectivity index (χ1v) is 12.0. The fraction of sp³-hybridized carbons (Fsp3) is 0.188. The largest absolute Gasteiger partial charge is 0.341 e. The van der Waals surface area contributed by atoms with Crippen molar-refractivity contribution in [1.82, 2.24) is 0 Å². The quantitative estimate of drug-likeness (QED) is 0.309. The second-order valence-corrected chi connectivity index (χ2v) is 9.55. The van der Waals surface area contributed by atoms with Gasteiger partial charge in [0.1, 0.15) is 11.2 Å². The van der Waals surface area contributed by atoms with Crippen LogP contribution >= 0.6 is 0 Å². The molecule has 0 N–H and O–H groups in total. The van der Waals surface area contributed by atoms with Crippen LogP contribution in [0.2, 0.25) is 0 Å². The van der Waals surface area contributed by atoms with Gasteiger partial charge in [-0.2, -0.15) is 0 Å². The van der Waals surface area contributed by atoms with Crippen LogP contribution in [0.3, 0.4) is 0 Å². The van der Waals surface area contributed by atoms with E-state index >= 15 is 0 Å². The van der Waals surface area contributed by atoms with Gasteiger partial charge in [0.25, 0.3) is 0 Å². The third-order valence-corrected chi connectivity index (χ3v) is 8.03. The molecule has 0 fully saturated rings. The summed E-state index contributed by atoms with van der Waals surface area (Å²) in [5, 5.41) is 0. The third kappa shape index (κ3) is 2.46. The standard InChI is InChI=1S/C32H26O/c1-4-12-23(13-5-1)24-20-21-29-30(22-24)32(26-16-8-3-9-17-26)28-19-11-10-18-27(28)31(29,33-32)25-14-6-2-7-15-25/h1-19,24H,20-22H2/t24-,31-,32+/m0/s1. The van der Waals surface area contributed by atoms with Crippen molar-refractivity contribution in [3.05, 3.63) is 154 Å². The first-order chi connectivity index (χ1) is 16.3. The van der Waals surface area contributed by atoms with Gasteiger partial charge in [-0.1, -0.05) is 115 Å². The summed E-state index contributed by atoms with van der Waals surface area (Å²) in [5.74, 6) is 0.522. The lowest BCUT2D eigenvalue weighted by Crippen LogP contribution is -2.31. The molecule has 0 unspecified atom stereocenters. The summed E-state index contributed by atoms with van der Waals surface area (Å²) >= 11 is 0. The zero-order valence-corrected chi connectivity index (χ0v) is 18.6. The van der Waals surface area contributed by atoms with Crippen LogP contribution < -0.4 is 0 Å². The minimum absolute atomic E-state index is 0.495. The normalized spacial score (nSPS) is 27.3. The van der Waals surface area contributed by atoms with E-state index in [0.29, 0.717) is 5.92 Å². The highest BCUT2D eigenvalue weighted by Crippen LogP contribution is 2.69. The fourth-order valence-electron chi connectivity index (χ4n) is 6.70. The van der Waals surface area contributed by atoms with Crippen LogP contribution in [0.4, 0.5) is 0 Å². The molecule has 7 rings (SSSR count). The highest BCUT2D eigenvalue weighted by molar-refractivity contribution is 5.68. The van der Waals surface area contributed by atoms with E-state index in [9.17, 15) is 0 Å². The van der Waals surface area contributed by atoms with Crippen LogP contribution in [0.15, 0.2) is 126 Å². The topological polar surface area (TPSA) is 9.23 Å². The molecule has 4 aromatic rings. The number of ether oxygens (including phenoxy) is 1. The summed E-state index contributed by atoms with van der Waals surface area (Å²) in [6.07, 6.45) is 3.26. The summed E-state index contributed by atoms with van der Waals surface area (Å²) < 4.78 is 7.45. The van der Waals surface area contributed by atoms with E-state index in [1.165, 1.54) is 39.0 Å². The smallest absolute Gasteiger partial charge is 0.142 e. The van der Waals surface area contributed by atoms with Crippen LogP contribution in [0.5, 0.6) is 0 Å². The van der Waals surface area contributed by atoms with Gasteiger partial charge < -0.3 is 4.74 Å². The van der Waals surface area contributed by atoms with Crippen LogP contribution in [-0.4, -0.2) is 0 Å². The minimum atomic E-state index is -0.517. The lowest BCUT2D eigenvalue weighted by atomic mass is 9.62. The Bertz CT molecular complexity index is 1360. The summed E-state index contributed by atoms with van der Waals surface area (Å²) in [6.45, 7) is 0. The maximum Gasteiger partial charge on any atom is 0.142 e. The summed E-state index contributed by atoms with van der Waals surface area (Å²) in [6, 6.07) is 41.7. The van der Waals surface area contributed by atoms with Crippen LogP contribution in [-0.2, 0) is 15.9 Å². The molecule has 3 atom stereocenters. The van der Waals surface area contributed by atoms with Crippen molar-refractivity contribution in [2.45, 2.75) is 36.4 Å². The van der Waals surface area contributed by atoms with Crippen molar-refractivity contribution in [3.8, 4) is 0 Å². The van der Waals surface area contributed by atoms with E-state index < -0.39 is 11.2 Å². The number of fused-ring (bicyclic) bond motifs is 7. The molecule has 160 valence electrons. The zero-order valence-electron chi connectivity index (χ0n) is 18.6. The van der Waals surface area contributed by atoms with Gasteiger partial charge in [0.05, 0.1) is 0 Å². The van der Waals surface area contributed by atoms with Crippen LogP contribution in [0.1, 0.15) is 53.0 Å². The lowest BCUT2D eigenvalue weighted by Gasteiger charge is -2.38. The Morgan fingerprint density at radius 2 is 1.03 bits per heavy atom. The molecule has 0 saturated heterocycles. The molecule has 2 heterocycles. The molecule has 4 aromatic carbocycles. The third-order valence-electron chi connectivity index (χ3n) is 8.03. The predicted molar refractivity (Wildman–Crippen MR) is 132 cm³/mol. The summed E-state index contributed by atoms with van der Waals surface area (Å²) in [4.78, 5) is 0. The van der Waals surface area contributed by atoms with E-state index in [2.05, 4.69) is 115 Å². The van der Waals surface area contributed by atoms with Crippen molar-refractivity contribution in [2.75, 3.05) is 0 Å². The van der Waals surface area contributed by atoms with Crippen molar-refractivity contribution >= 4 is 0 Å². The maximum atomic E-state index is 7.45. The number of rotatable bonds is 3. The molecular formula is C32H26O. The van der Waals surface area contributed by atoms with Crippen LogP contribution in [0.25, 0.3) is 0 Å². The summed E-state index contributed by atoms with van der Waals surface area (Å²) in [5.41, 5.74) is 8.52. The Balaban J connectivity index is 1.51. The minimum Gasteiger partial charge on any atom is -0.341 e. The molecule has 0 radical (unpaired) electrons. The van der Waals surface area contributed by atoms with E-state index in [4.69, 9.17) is 4.74 Å². The number of benzene rings is 4. The monoisotopic (exact) mass is 426 g/mol. The van der Waals surface area contributed by atoms with Gasteiger partial charge in [-0.3, -0.25) is 0 Å². The Hall–Kier alpha value is -3.42. The van der Waals surface area contributed by atoms with Gasteiger partial charge in [0.2, 0.25) is 0 Å². The van der Waals surface area contributed by atoms with E-state index in [1.807, 2.05) is 0 Å². The molecule has 0 saturated carbocycles. The van der Waals surface area contributed by atoms with Gasteiger partial charge in [-0.15, -0.1) is 0 Å². The summed E-state index contributed by atoms with van der Waals surface area (Å²) in [7, 11) is 0. The highest BCUT2D eigenvalue weighted by Gasteiger charge is 2.65. The molecule has 1 heteroatoms. The average molecular weight is 427 g/mol. The molecule has 0 spiro atoms. The fourth-order valence-corrected chi connectivity index (χ4v) is 6.70. The Kier molecular flexibility index (Phi) is 4.07. The molecule has 0 aromatic heterocycles. The van der Waals surface area contributed by atoms with Crippen molar-refractivity contribution in [2.24, 2.45) is 0 Å². The number of hydrogen-bond acceptors (Lipinski definition) is 1. The molecule has 1 aliphatic carbocycles. The second-order valence-electron chi connectivity index (χ2n) is 9.55. The second kappa shape index (κ2) is 7.04. The average Bonchev–Trinajstić information content (AvgIpc) is 3.40. The lowest BCUT2D eigenvalue weighted by molar-refractivity contribution is -0.0334. The van der Waals surface area contributed by atoms with Gasteiger partial charge >= 0.3 is 0 Å². The highest BCUT2D eigenvalue weighted by atomic mass is 16.5. The van der Waals surface area contributed by atoms with Gasteiger partial charge in [-0.05, 0) is 64.1 Å². The van der Waals surface area contributed by atoms with E-state index in [0.717, 1.165) is 19.3 Å². The Morgan fingerprint density at radius 1 is 0.545 bits per heavy atom. The Labute approximate surface area is 195 Å². The van der Waals surface area contributed by atoms with Crippen molar-refractivity contribution in [3.63, 3.8) is 0 Å². The first-order valence-electron chi connectivity index (χ1n) is 12.0. The molecule has 33 heavy (non-hydrogen) atoms.